The molecule has 0 N–H and O–H groups in total. The maximum atomic E-state index is 12.0. The minimum absolute atomic E-state index is 0.177. The van der Waals surface area contributed by atoms with Crippen molar-refractivity contribution in [3.63, 3.8) is 0 Å². The van der Waals surface area contributed by atoms with Crippen molar-refractivity contribution in [2.75, 3.05) is 5.75 Å². The van der Waals surface area contributed by atoms with Gasteiger partial charge < -0.3 is 0 Å². The van der Waals surface area contributed by atoms with Gasteiger partial charge in [-0.05, 0) is 25.5 Å². The summed E-state index contributed by atoms with van der Waals surface area (Å²) < 4.78 is 1.63. The van der Waals surface area contributed by atoms with Crippen molar-refractivity contribution in [2.24, 2.45) is 7.05 Å². The Kier molecular flexibility index (Phi) is 3.60. The fourth-order valence-electron chi connectivity index (χ4n) is 1.99. The van der Waals surface area contributed by atoms with Crippen LogP contribution in [0.25, 0.3) is 0 Å². The number of hydrogen-bond donors (Lipinski definition) is 0. The maximum absolute atomic E-state index is 12.0. The van der Waals surface area contributed by atoms with Crippen LogP contribution in [0.3, 0.4) is 0 Å². The monoisotopic (exact) mass is 258 g/mol. The Balaban J connectivity index is 2.11. The van der Waals surface area contributed by atoms with Gasteiger partial charge in [0.25, 0.3) is 0 Å². The fourth-order valence-corrected chi connectivity index (χ4v) is 3.46. The maximum Gasteiger partial charge on any atom is 0.150 e. The molecule has 16 heavy (non-hydrogen) atoms. The predicted octanol–water partition coefficient (Wildman–Crippen LogP) is 2.39. The summed E-state index contributed by atoms with van der Waals surface area (Å²) in [5.41, 5.74) is 1.76. The highest BCUT2D eigenvalue weighted by Crippen LogP contribution is 2.29. The molecule has 2 rings (SSSR count). The van der Waals surface area contributed by atoms with E-state index in [2.05, 4.69) is 5.10 Å². The Morgan fingerprint density at radius 3 is 2.94 bits per heavy atom. The van der Waals surface area contributed by atoms with Crippen LogP contribution in [0.15, 0.2) is 0 Å². The molecule has 88 valence electrons. The van der Waals surface area contributed by atoms with Crippen molar-refractivity contribution in [3.05, 3.63) is 16.4 Å². The van der Waals surface area contributed by atoms with E-state index in [0.717, 1.165) is 29.9 Å². The SMILES string of the molecule is Cc1nn(C)c(Cl)c1CC(=O)C1CCCS1. The summed E-state index contributed by atoms with van der Waals surface area (Å²) in [6.45, 7) is 1.90. The highest BCUT2D eigenvalue weighted by Gasteiger charge is 2.25. The molecular weight excluding hydrogens is 244 g/mol. The molecule has 0 saturated carbocycles. The first kappa shape index (κ1) is 12.0. The van der Waals surface area contributed by atoms with Crippen LogP contribution in [0.4, 0.5) is 0 Å². The van der Waals surface area contributed by atoms with Crippen molar-refractivity contribution in [2.45, 2.75) is 31.4 Å². The normalized spacial score (nSPS) is 20.3. The van der Waals surface area contributed by atoms with E-state index in [1.165, 1.54) is 0 Å². The van der Waals surface area contributed by atoms with Gasteiger partial charge in [0.1, 0.15) is 10.9 Å². The van der Waals surface area contributed by atoms with Gasteiger partial charge in [0.15, 0.2) is 0 Å². The van der Waals surface area contributed by atoms with E-state index in [-0.39, 0.29) is 5.25 Å². The van der Waals surface area contributed by atoms with Gasteiger partial charge in [-0.1, -0.05) is 11.6 Å². The number of nitrogens with zero attached hydrogens (tertiary/aromatic N) is 2. The zero-order valence-corrected chi connectivity index (χ0v) is 11.1. The lowest BCUT2D eigenvalue weighted by atomic mass is 10.1. The molecule has 0 amide bonds. The van der Waals surface area contributed by atoms with E-state index in [1.807, 2.05) is 6.92 Å². The lowest BCUT2D eigenvalue weighted by molar-refractivity contribution is -0.117. The molecule has 1 saturated heterocycles. The average molecular weight is 259 g/mol. The van der Waals surface area contributed by atoms with Gasteiger partial charge >= 0.3 is 0 Å². The van der Waals surface area contributed by atoms with Gasteiger partial charge in [-0.25, -0.2) is 0 Å². The summed E-state index contributed by atoms with van der Waals surface area (Å²) in [6.07, 6.45) is 2.59. The molecule has 1 aromatic rings. The largest absolute Gasteiger partial charge is 0.298 e. The highest BCUT2D eigenvalue weighted by atomic mass is 35.5. The van der Waals surface area contributed by atoms with Crippen molar-refractivity contribution < 1.29 is 4.79 Å². The zero-order valence-electron chi connectivity index (χ0n) is 9.49. The van der Waals surface area contributed by atoms with E-state index >= 15 is 0 Å². The first-order valence-electron chi connectivity index (χ1n) is 5.42. The van der Waals surface area contributed by atoms with E-state index in [9.17, 15) is 4.79 Å². The molecule has 1 atom stereocenters. The molecule has 5 heteroatoms. The topological polar surface area (TPSA) is 34.9 Å². The van der Waals surface area contributed by atoms with Crippen LogP contribution in [0.2, 0.25) is 5.15 Å². The molecule has 0 bridgehead atoms. The lowest BCUT2D eigenvalue weighted by Crippen LogP contribution is -2.16. The number of carbonyl (C=O) groups is 1. The third-order valence-corrected chi connectivity index (χ3v) is 4.81. The van der Waals surface area contributed by atoms with Crippen LogP contribution in [0.1, 0.15) is 24.1 Å². The summed E-state index contributed by atoms with van der Waals surface area (Å²) >= 11 is 7.87. The third-order valence-electron chi connectivity index (χ3n) is 2.91. The third kappa shape index (κ3) is 2.28. The van der Waals surface area contributed by atoms with E-state index < -0.39 is 0 Å². The van der Waals surface area contributed by atoms with Gasteiger partial charge in [-0.3, -0.25) is 9.48 Å². The van der Waals surface area contributed by atoms with Gasteiger partial charge in [0.05, 0.1) is 10.9 Å². The number of halogens is 1. The molecule has 0 aromatic carbocycles. The Bertz CT molecular complexity index is 410. The van der Waals surface area contributed by atoms with Gasteiger partial charge in [-0.2, -0.15) is 16.9 Å². The Hall–Kier alpha value is -0.480. The highest BCUT2D eigenvalue weighted by molar-refractivity contribution is 8.00. The van der Waals surface area contributed by atoms with Crippen LogP contribution in [0.5, 0.6) is 0 Å². The number of Topliss-reactive ketones (excluding diaryl/α,β-unsaturated/α-hetero) is 1. The summed E-state index contributed by atoms with van der Waals surface area (Å²) in [7, 11) is 1.80. The number of hydrogen-bond acceptors (Lipinski definition) is 3. The van der Waals surface area contributed by atoms with Crippen molar-refractivity contribution >= 4 is 29.1 Å². The van der Waals surface area contributed by atoms with Crippen molar-refractivity contribution in [1.82, 2.24) is 9.78 Å². The quantitative estimate of drug-likeness (QED) is 0.835. The smallest absolute Gasteiger partial charge is 0.150 e. The number of carbonyl (C=O) groups excluding carboxylic acids is 1. The Morgan fingerprint density at radius 2 is 2.44 bits per heavy atom. The van der Waals surface area contributed by atoms with Gasteiger partial charge in [0, 0.05) is 19.0 Å². The molecule has 1 unspecified atom stereocenters. The van der Waals surface area contributed by atoms with E-state index in [0.29, 0.717) is 17.4 Å². The van der Waals surface area contributed by atoms with Gasteiger partial charge in [0.2, 0.25) is 0 Å². The lowest BCUT2D eigenvalue weighted by Gasteiger charge is -2.06. The molecular formula is C11H15ClN2OS. The first-order chi connectivity index (χ1) is 7.59. The molecule has 0 radical (unpaired) electrons. The molecule has 1 fully saturated rings. The molecule has 0 spiro atoms. The number of ketones is 1. The summed E-state index contributed by atoms with van der Waals surface area (Å²) in [4.78, 5) is 12.0. The minimum Gasteiger partial charge on any atom is -0.298 e. The van der Waals surface area contributed by atoms with Crippen molar-refractivity contribution in [1.29, 1.82) is 0 Å². The van der Waals surface area contributed by atoms with Gasteiger partial charge in [-0.15, -0.1) is 0 Å². The van der Waals surface area contributed by atoms with Crippen LogP contribution in [-0.4, -0.2) is 26.6 Å². The first-order valence-corrected chi connectivity index (χ1v) is 6.84. The van der Waals surface area contributed by atoms with E-state index in [1.54, 1.807) is 23.5 Å². The number of aryl methyl sites for hydroxylation is 2. The predicted molar refractivity (Wildman–Crippen MR) is 67.1 cm³/mol. The molecule has 1 aromatic heterocycles. The Morgan fingerprint density at radius 1 is 1.69 bits per heavy atom. The second kappa shape index (κ2) is 4.80. The minimum atomic E-state index is 0.177. The number of thioether (sulfide) groups is 1. The van der Waals surface area contributed by atoms with Crippen LogP contribution < -0.4 is 0 Å². The summed E-state index contributed by atoms with van der Waals surface area (Å²) in [5.74, 6) is 1.40. The molecule has 2 heterocycles. The second-order valence-corrected chi connectivity index (χ2v) is 5.79. The number of rotatable bonds is 3. The van der Waals surface area contributed by atoms with Crippen LogP contribution >= 0.6 is 23.4 Å². The Labute approximate surface area is 105 Å². The molecule has 1 aliphatic heterocycles. The molecule has 1 aliphatic rings. The molecule has 0 aliphatic carbocycles. The standard InChI is InChI=1S/C11H15ClN2OS/c1-7-8(11(12)14(2)13-7)6-9(15)10-4-3-5-16-10/h10H,3-6H2,1-2H3. The molecule has 3 nitrogen and oxygen atoms in total. The summed E-state index contributed by atoms with van der Waals surface area (Å²) in [5, 5.41) is 4.98. The fraction of sp³-hybridized carbons (Fsp3) is 0.636. The zero-order chi connectivity index (χ0) is 11.7. The van der Waals surface area contributed by atoms with Crippen LogP contribution in [0, 0.1) is 6.92 Å². The summed E-state index contributed by atoms with van der Waals surface area (Å²) in [6, 6.07) is 0. The van der Waals surface area contributed by atoms with Crippen molar-refractivity contribution in [3.8, 4) is 0 Å². The average Bonchev–Trinajstić information content (AvgIpc) is 2.83. The number of aromatic nitrogens is 2. The van der Waals surface area contributed by atoms with E-state index in [4.69, 9.17) is 11.6 Å². The van der Waals surface area contributed by atoms with Crippen LogP contribution in [-0.2, 0) is 18.3 Å². The second-order valence-electron chi connectivity index (χ2n) is 4.12.